The molecule has 2 aromatic heterocycles. The van der Waals surface area contributed by atoms with Crippen LogP contribution >= 0.6 is 0 Å². The number of nitrogens with zero attached hydrogens (tertiary/aromatic N) is 4. The number of hydrogen-bond donors (Lipinski definition) is 1. The maximum absolute atomic E-state index is 10.8. The number of aromatic nitrogens is 3. The van der Waals surface area contributed by atoms with Crippen LogP contribution in [0.2, 0.25) is 0 Å². The minimum absolute atomic E-state index is 0.264. The molecule has 1 aliphatic heterocycles. The zero-order chi connectivity index (χ0) is 11.1. The standard InChI is InChI=1S/C10H8N4O2/c15-10(16)13-3-4-14-8-5-11-2-1-7(8)12-9(14)6-13/h1-5H,6H2,(H,15,16). The van der Waals surface area contributed by atoms with Crippen molar-refractivity contribution in [3.63, 3.8) is 0 Å². The lowest BCUT2D eigenvalue weighted by atomic mass is 10.4. The number of hydrogen-bond acceptors (Lipinski definition) is 3. The van der Waals surface area contributed by atoms with E-state index in [1.165, 1.54) is 11.1 Å². The molecule has 0 atom stereocenters. The highest BCUT2D eigenvalue weighted by Gasteiger charge is 2.18. The Morgan fingerprint density at radius 2 is 2.31 bits per heavy atom. The zero-order valence-corrected chi connectivity index (χ0v) is 8.24. The molecule has 0 saturated heterocycles. The first kappa shape index (κ1) is 8.90. The normalized spacial score (nSPS) is 14.1. The third-order valence-corrected chi connectivity index (χ3v) is 2.52. The van der Waals surface area contributed by atoms with Gasteiger partial charge in [-0.05, 0) is 6.07 Å². The number of pyridine rings is 1. The molecular formula is C10H8N4O2. The van der Waals surface area contributed by atoms with Gasteiger partial charge in [-0.15, -0.1) is 0 Å². The summed E-state index contributed by atoms with van der Waals surface area (Å²) in [5.74, 6) is 0.702. The fourth-order valence-corrected chi connectivity index (χ4v) is 1.75. The molecule has 3 heterocycles. The molecule has 6 heteroatoms. The van der Waals surface area contributed by atoms with Crippen LogP contribution in [0.1, 0.15) is 5.82 Å². The molecule has 2 aromatic rings. The average Bonchev–Trinajstić information content (AvgIpc) is 2.66. The molecule has 1 amide bonds. The van der Waals surface area contributed by atoms with E-state index in [0.717, 1.165) is 11.0 Å². The van der Waals surface area contributed by atoms with Crippen LogP contribution in [0, 0.1) is 0 Å². The van der Waals surface area contributed by atoms with Crippen molar-refractivity contribution in [2.24, 2.45) is 0 Å². The van der Waals surface area contributed by atoms with Crippen LogP contribution in [0.25, 0.3) is 17.2 Å². The first-order valence-corrected chi connectivity index (χ1v) is 4.74. The number of carbonyl (C=O) groups is 1. The Morgan fingerprint density at radius 1 is 1.44 bits per heavy atom. The summed E-state index contributed by atoms with van der Waals surface area (Å²) in [6, 6.07) is 1.81. The fourth-order valence-electron chi connectivity index (χ4n) is 1.75. The molecule has 0 fully saturated rings. The molecule has 0 bridgehead atoms. The van der Waals surface area contributed by atoms with E-state index in [-0.39, 0.29) is 6.54 Å². The van der Waals surface area contributed by atoms with Crippen molar-refractivity contribution in [1.82, 2.24) is 19.4 Å². The summed E-state index contributed by atoms with van der Waals surface area (Å²) in [5.41, 5.74) is 1.71. The van der Waals surface area contributed by atoms with Gasteiger partial charge in [-0.3, -0.25) is 14.5 Å². The van der Waals surface area contributed by atoms with E-state index >= 15 is 0 Å². The highest BCUT2D eigenvalue weighted by molar-refractivity contribution is 5.78. The lowest BCUT2D eigenvalue weighted by Crippen LogP contribution is -2.27. The molecule has 3 rings (SSSR count). The maximum Gasteiger partial charge on any atom is 0.411 e. The van der Waals surface area contributed by atoms with Crippen LogP contribution in [-0.2, 0) is 6.54 Å². The van der Waals surface area contributed by atoms with E-state index in [9.17, 15) is 4.79 Å². The van der Waals surface area contributed by atoms with E-state index in [2.05, 4.69) is 9.97 Å². The van der Waals surface area contributed by atoms with Crippen LogP contribution in [0.4, 0.5) is 4.79 Å². The summed E-state index contributed by atoms with van der Waals surface area (Å²) in [4.78, 5) is 20.4. The number of amides is 1. The molecule has 6 nitrogen and oxygen atoms in total. The molecule has 1 aliphatic rings. The predicted molar refractivity (Wildman–Crippen MR) is 56.4 cm³/mol. The van der Waals surface area contributed by atoms with Crippen LogP contribution < -0.4 is 0 Å². The zero-order valence-electron chi connectivity index (χ0n) is 8.24. The molecule has 1 N–H and O–H groups in total. The maximum atomic E-state index is 10.8. The van der Waals surface area contributed by atoms with Gasteiger partial charge < -0.3 is 5.11 Å². The third kappa shape index (κ3) is 1.16. The molecule has 16 heavy (non-hydrogen) atoms. The summed E-state index contributed by atoms with van der Waals surface area (Å²) >= 11 is 0. The number of fused-ring (bicyclic) bond motifs is 3. The summed E-state index contributed by atoms with van der Waals surface area (Å²) in [5, 5.41) is 8.86. The summed E-state index contributed by atoms with van der Waals surface area (Å²) in [7, 11) is 0. The van der Waals surface area contributed by atoms with Gasteiger partial charge in [0, 0.05) is 18.6 Å². The van der Waals surface area contributed by atoms with Gasteiger partial charge in [-0.1, -0.05) is 0 Å². The largest absolute Gasteiger partial charge is 0.465 e. The summed E-state index contributed by atoms with van der Waals surface area (Å²) in [6.45, 7) is 0.264. The van der Waals surface area contributed by atoms with Gasteiger partial charge in [-0.2, -0.15) is 0 Å². The van der Waals surface area contributed by atoms with Crippen LogP contribution in [0.5, 0.6) is 0 Å². The van der Waals surface area contributed by atoms with E-state index in [0.29, 0.717) is 5.82 Å². The topological polar surface area (TPSA) is 71.2 Å². The van der Waals surface area contributed by atoms with Gasteiger partial charge in [0.25, 0.3) is 0 Å². The second-order valence-electron chi connectivity index (χ2n) is 3.47. The Morgan fingerprint density at radius 3 is 3.12 bits per heavy atom. The molecular weight excluding hydrogens is 208 g/mol. The average molecular weight is 216 g/mol. The first-order valence-electron chi connectivity index (χ1n) is 4.74. The number of rotatable bonds is 0. The van der Waals surface area contributed by atoms with Gasteiger partial charge in [0.15, 0.2) is 0 Å². The van der Waals surface area contributed by atoms with Crippen molar-refractivity contribution in [3.8, 4) is 0 Å². The van der Waals surface area contributed by atoms with E-state index in [4.69, 9.17) is 5.11 Å². The molecule has 0 aromatic carbocycles. The molecule has 0 saturated carbocycles. The van der Waals surface area contributed by atoms with Gasteiger partial charge in [-0.25, -0.2) is 9.78 Å². The van der Waals surface area contributed by atoms with E-state index < -0.39 is 6.09 Å². The molecule has 0 radical (unpaired) electrons. The number of imidazole rings is 1. The van der Waals surface area contributed by atoms with Crippen molar-refractivity contribution in [2.75, 3.05) is 0 Å². The molecule has 0 aliphatic carbocycles. The molecule has 0 unspecified atom stereocenters. The predicted octanol–water partition coefficient (Wildman–Crippen LogP) is 1.35. The second kappa shape index (κ2) is 3.06. The van der Waals surface area contributed by atoms with Crippen molar-refractivity contribution in [3.05, 3.63) is 30.5 Å². The first-order chi connectivity index (χ1) is 7.75. The van der Waals surface area contributed by atoms with Gasteiger partial charge in [0.1, 0.15) is 5.82 Å². The van der Waals surface area contributed by atoms with E-state index in [1.807, 2.05) is 4.57 Å². The minimum Gasteiger partial charge on any atom is -0.465 e. The smallest absolute Gasteiger partial charge is 0.411 e. The lowest BCUT2D eigenvalue weighted by Gasteiger charge is -2.18. The third-order valence-electron chi connectivity index (χ3n) is 2.52. The van der Waals surface area contributed by atoms with Gasteiger partial charge in [0.2, 0.25) is 0 Å². The molecule has 0 spiro atoms. The Hall–Kier alpha value is -2.37. The Labute approximate surface area is 90.5 Å². The van der Waals surface area contributed by atoms with Gasteiger partial charge >= 0.3 is 6.09 Å². The second-order valence-corrected chi connectivity index (χ2v) is 3.47. The lowest BCUT2D eigenvalue weighted by molar-refractivity contribution is 0.159. The highest BCUT2D eigenvalue weighted by Crippen LogP contribution is 2.20. The number of carboxylic acid groups (broad SMARTS) is 1. The fraction of sp³-hybridized carbons (Fsp3) is 0.100. The molecule has 80 valence electrons. The van der Waals surface area contributed by atoms with Gasteiger partial charge in [0.05, 0.1) is 23.8 Å². The van der Waals surface area contributed by atoms with Crippen molar-refractivity contribution >= 4 is 23.3 Å². The monoisotopic (exact) mass is 216 g/mol. The summed E-state index contributed by atoms with van der Waals surface area (Å²) in [6.07, 6.45) is 5.60. The van der Waals surface area contributed by atoms with E-state index in [1.54, 1.807) is 24.7 Å². The van der Waals surface area contributed by atoms with Crippen molar-refractivity contribution in [1.29, 1.82) is 0 Å². The van der Waals surface area contributed by atoms with Crippen molar-refractivity contribution in [2.45, 2.75) is 6.54 Å². The quantitative estimate of drug-likeness (QED) is 0.721. The SMILES string of the molecule is O=C(O)N1C=Cn2c(nc3ccncc32)C1. The van der Waals surface area contributed by atoms with Crippen LogP contribution in [0.15, 0.2) is 24.7 Å². The van der Waals surface area contributed by atoms with Crippen LogP contribution in [0.3, 0.4) is 0 Å². The Kier molecular flexibility index (Phi) is 1.70. The Balaban J connectivity index is 2.16. The Bertz CT molecular complexity index is 602. The minimum atomic E-state index is -0.979. The van der Waals surface area contributed by atoms with Crippen LogP contribution in [-0.4, -0.2) is 30.6 Å². The summed E-state index contributed by atoms with van der Waals surface area (Å²) < 4.78 is 1.85. The highest BCUT2D eigenvalue weighted by atomic mass is 16.4. The van der Waals surface area contributed by atoms with Crippen molar-refractivity contribution < 1.29 is 9.90 Å².